The van der Waals surface area contributed by atoms with Crippen molar-refractivity contribution < 1.29 is 0 Å². The molecule has 0 aliphatic heterocycles. The molecule has 45 heavy (non-hydrogen) atoms. The van der Waals surface area contributed by atoms with E-state index in [1.54, 1.807) is 11.1 Å². The Kier molecular flexibility index (Phi) is 9.24. The van der Waals surface area contributed by atoms with Crippen molar-refractivity contribution in [2.75, 3.05) is 0 Å². The van der Waals surface area contributed by atoms with Crippen LogP contribution in [0.15, 0.2) is 133 Å². The van der Waals surface area contributed by atoms with Crippen LogP contribution in [0.5, 0.6) is 0 Å². The third-order valence-corrected chi connectivity index (χ3v) is 27.6. The van der Waals surface area contributed by atoms with Crippen molar-refractivity contribution >= 4 is 105 Å². The fourth-order valence-electron chi connectivity index (χ4n) is 6.54. The van der Waals surface area contributed by atoms with E-state index in [-0.39, 0.29) is 0 Å². The fourth-order valence-corrected chi connectivity index (χ4v) is 21.0. The van der Waals surface area contributed by atoms with E-state index in [2.05, 4.69) is 178 Å². The maximum atomic E-state index is 3.78. The van der Waals surface area contributed by atoms with E-state index in [1.807, 2.05) is 22.7 Å². The van der Waals surface area contributed by atoms with Crippen LogP contribution in [0.1, 0.15) is 40.1 Å². The second-order valence-corrected chi connectivity index (χ2v) is 27.0. The molecule has 0 spiro atoms. The first-order valence-electron chi connectivity index (χ1n) is 15.3. The van der Waals surface area contributed by atoms with Crippen LogP contribution >= 0.6 is 33.7 Å². The van der Waals surface area contributed by atoms with Crippen LogP contribution in [-0.4, -0.2) is 30.2 Å². The summed E-state index contributed by atoms with van der Waals surface area (Å²) in [5.74, 6) is 0. The van der Waals surface area contributed by atoms with E-state index in [9.17, 15) is 0 Å². The summed E-state index contributed by atoms with van der Waals surface area (Å²) in [5.41, 5.74) is 2.24. The molecule has 0 bridgehead atoms. The third-order valence-electron chi connectivity index (χ3n) is 8.78. The van der Waals surface area contributed by atoms with Gasteiger partial charge in [-0.1, -0.05) is 0 Å². The van der Waals surface area contributed by atoms with E-state index >= 15 is 0 Å². The summed E-state index contributed by atoms with van der Waals surface area (Å²) in [6.07, 6.45) is 3.50. The molecule has 6 heteroatoms. The molecule has 1 aliphatic carbocycles. The second kappa shape index (κ2) is 13.2. The van der Waals surface area contributed by atoms with E-state index < -0.39 is 11.0 Å². The Balaban J connectivity index is 1.36. The van der Waals surface area contributed by atoms with Crippen LogP contribution in [0.4, 0.5) is 0 Å². The maximum absolute atomic E-state index is 3.78. The average Bonchev–Trinajstić information content (AvgIpc) is 3.84. The number of thiophene rings is 2. The van der Waals surface area contributed by atoms with Crippen molar-refractivity contribution in [3.63, 3.8) is 0 Å². The molecular formula is C39H34P2S2Se2. The quantitative estimate of drug-likeness (QED) is 0.108. The van der Waals surface area contributed by atoms with Crippen molar-refractivity contribution in [1.29, 1.82) is 0 Å². The Morgan fingerprint density at radius 2 is 0.756 bits per heavy atom. The zero-order chi connectivity index (χ0) is 31.0. The summed E-state index contributed by atoms with van der Waals surface area (Å²) < 4.78 is 2.94. The number of hydrogen-bond acceptors (Lipinski definition) is 2. The van der Waals surface area contributed by atoms with E-state index in [0.29, 0.717) is 0 Å². The van der Waals surface area contributed by atoms with Gasteiger partial charge in [-0.3, -0.25) is 0 Å². The number of rotatable bonds is 8. The molecule has 0 radical (unpaired) electrons. The predicted molar refractivity (Wildman–Crippen MR) is 208 cm³/mol. The Labute approximate surface area is 290 Å². The molecule has 7 rings (SSSR count). The molecule has 0 nitrogen and oxygen atoms in total. The molecule has 224 valence electrons. The van der Waals surface area contributed by atoms with Crippen molar-refractivity contribution in [2.45, 2.75) is 33.1 Å². The van der Waals surface area contributed by atoms with Gasteiger partial charge in [-0.05, 0) is 0 Å². The summed E-state index contributed by atoms with van der Waals surface area (Å²) in [7, 11) is 0. The van der Waals surface area contributed by atoms with Crippen LogP contribution in [0.2, 0.25) is 0 Å². The van der Waals surface area contributed by atoms with Crippen LogP contribution in [-0.2, 0) is 0 Å². The Morgan fingerprint density at radius 3 is 1.04 bits per heavy atom. The summed E-state index contributed by atoms with van der Waals surface area (Å²) >= 11 is 11.5. The van der Waals surface area contributed by atoms with Gasteiger partial charge in [0.2, 0.25) is 0 Å². The average molecular weight is 787 g/mol. The topological polar surface area (TPSA) is 0 Å². The zero-order valence-electron chi connectivity index (χ0n) is 25.4. The monoisotopic (exact) mass is 788 g/mol. The molecule has 4 aromatic carbocycles. The molecule has 6 aromatic rings. The molecule has 0 N–H and O–H groups in total. The Bertz CT molecular complexity index is 1860. The van der Waals surface area contributed by atoms with Crippen molar-refractivity contribution in [3.8, 4) is 0 Å². The first-order valence-corrected chi connectivity index (χ1v) is 24.9. The minimum atomic E-state index is -1.89. The summed E-state index contributed by atoms with van der Waals surface area (Å²) in [6.45, 7) is 4.67. The molecule has 2 aromatic heterocycles. The van der Waals surface area contributed by atoms with E-state index in [0.717, 1.165) is 12.8 Å². The van der Waals surface area contributed by atoms with Crippen molar-refractivity contribution in [1.82, 2.24) is 0 Å². The van der Waals surface area contributed by atoms with Crippen LogP contribution < -0.4 is 30.5 Å². The number of benzene rings is 4. The van der Waals surface area contributed by atoms with Gasteiger partial charge in [0.1, 0.15) is 0 Å². The molecule has 0 fully saturated rings. The van der Waals surface area contributed by atoms with Crippen molar-refractivity contribution in [2.24, 2.45) is 0 Å². The SMILES string of the molecule is Cc1sc(P(=[Se])(c2ccccc2)c2ccccc2)cc1C1=C(c2cc(P(=[Se])(c3ccccc3)c3ccccc3)sc2C)CCC1. The molecule has 0 saturated heterocycles. The normalized spacial score (nSPS) is 13.8. The van der Waals surface area contributed by atoms with Gasteiger partial charge in [-0.2, -0.15) is 0 Å². The van der Waals surface area contributed by atoms with Gasteiger partial charge < -0.3 is 0 Å². The Morgan fingerprint density at radius 1 is 0.467 bits per heavy atom. The number of aryl methyl sites for hydroxylation is 2. The zero-order valence-corrected chi connectivity index (χ0v) is 32.2. The van der Waals surface area contributed by atoms with Crippen LogP contribution in [0, 0.1) is 13.8 Å². The standard InChI is InChI=1S/C39H34P2S2Se2/c1-28-36(26-38(42-28)40(44,30-16-7-3-8-17-30)31-18-9-4-10-19-31)34-24-15-25-35(34)37-27-39(43-29(37)2)41(45,32-20-11-5-12-21-32)33-22-13-6-14-23-33/h3-14,16-23,26-27H,15,24-25H2,1-2H3. The summed E-state index contributed by atoms with van der Waals surface area (Å²) in [6, 6.07) is 49.5. The number of hydrogen-bond donors (Lipinski definition) is 0. The number of allylic oxidation sites excluding steroid dienone is 2. The van der Waals surface area contributed by atoms with Gasteiger partial charge in [-0.15, -0.1) is 0 Å². The van der Waals surface area contributed by atoms with E-state index in [4.69, 9.17) is 0 Å². The molecular weight excluding hydrogens is 752 g/mol. The van der Waals surface area contributed by atoms with E-state index in [1.165, 1.54) is 57.8 Å². The molecule has 0 saturated carbocycles. The third kappa shape index (κ3) is 5.74. The molecule has 0 atom stereocenters. The van der Waals surface area contributed by atoms with Gasteiger partial charge in [-0.25, -0.2) is 0 Å². The van der Waals surface area contributed by atoms with Gasteiger partial charge in [0.25, 0.3) is 0 Å². The summed E-state index contributed by atoms with van der Waals surface area (Å²) in [4.78, 5) is 2.86. The first kappa shape index (κ1) is 31.5. The van der Waals surface area contributed by atoms with Gasteiger partial charge in [0, 0.05) is 0 Å². The summed E-state index contributed by atoms with van der Waals surface area (Å²) in [5, 5.41) is 5.57. The first-order chi connectivity index (χ1) is 21.9. The second-order valence-electron chi connectivity index (χ2n) is 11.5. The van der Waals surface area contributed by atoms with Gasteiger partial charge in [0.05, 0.1) is 0 Å². The molecule has 0 amide bonds. The molecule has 2 heterocycles. The minimum absolute atomic E-state index is 1.14. The fraction of sp³-hybridized carbons (Fsp3) is 0.128. The van der Waals surface area contributed by atoms with Crippen LogP contribution in [0.25, 0.3) is 11.1 Å². The van der Waals surface area contributed by atoms with Crippen LogP contribution in [0.3, 0.4) is 0 Å². The molecule has 1 aliphatic rings. The van der Waals surface area contributed by atoms with Crippen molar-refractivity contribution in [3.05, 3.63) is 154 Å². The Hall–Kier alpha value is -2.08. The van der Waals surface area contributed by atoms with Gasteiger partial charge in [0.15, 0.2) is 0 Å². The van der Waals surface area contributed by atoms with Gasteiger partial charge >= 0.3 is 293 Å². The predicted octanol–water partition coefficient (Wildman–Crippen LogP) is 8.28. The molecule has 0 unspecified atom stereocenters.